The molecular weight excluding hydrogens is 611 g/mol. The zero-order valence-corrected chi connectivity index (χ0v) is 26.3. The Morgan fingerprint density at radius 1 is 0.950 bits per heavy atom. The van der Waals surface area contributed by atoms with Gasteiger partial charge in [0.1, 0.15) is 5.75 Å². The Morgan fingerprint density at radius 2 is 1.57 bits per heavy atom. The van der Waals surface area contributed by atoms with Crippen LogP contribution in [-0.4, -0.2) is 35.6 Å². The first-order chi connectivity index (χ1) is 19.1. The number of carbonyl (C=O) groups excluding carboxylic acids is 2. The molecule has 3 aromatic carbocycles. The van der Waals surface area contributed by atoms with Crippen molar-refractivity contribution in [3.63, 3.8) is 0 Å². The van der Waals surface area contributed by atoms with Gasteiger partial charge < -0.3 is 4.74 Å². The minimum absolute atomic E-state index is 0.0594. The zero-order valence-electron chi connectivity index (χ0n) is 23.5. The summed E-state index contributed by atoms with van der Waals surface area (Å²) in [4.78, 5) is 31.8. The fourth-order valence-electron chi connectivity index (χ4n) is 4.38. The van der Waals surface area contributed by atoms with Crippen LogP contribution in [0.1, 0.15) is 37.1 Å². The number of nitrogens with one attached hydrogen (secondary N) is 1. The molecule has 8 heteroatoms. The van der Waals surface area contributed by atoms with E-state index < -0.39 is 30.6 Å². The van der Waals surface area contributed by atoms with E-state index in [9.17, 15) is 9.59 Å². The molecule has 0 bridgehead atoms. The molecule has 1 aliphatic carbocycles. The van der Waals surface area contributed by atoms with E-state index in [1.54, 1.807) is 19.1 Å². The molecular formula is C32H34N2O5Sn. The molecule has 206 valence electrons. The molecule has 1 atom stereocenters. The van der Waals surface area contributed by atoms with Gasteiger partial charge in [0.05, 0.1) is 5.92 Å². The van der Waals surface area contributed by atoms with E-state index in [0.29, 0.717) is 22.9 Å². The fourth-order valence-corrected chi connectivity index (χ4v) is 7.79. The molecule has 0 aliphatic heterocycles. The van der Waals surface area contributed by atoms with Crippen molar-refractivity contribution in [3.05, 3.63) is 84.1 Å². The molecule has 0 saturated heterocycles. The van der Waals surface area contributed by atoms with Crippen molar-refractivity contribution >= 4 is 39.7 Å². The van der Waals surface area contributed by atoms with Crippen molar-refractivity contribution in [1.29, 1.82) is 0 Å². The second-order valence-electron chi connectivity index (χ2n) is 11.3. The van der Waals surface area contributed by atoms with Crippen LogP contribution < -0.4 is 13.6 Å². The van der Waals surface area contributed by atoms with Gasteiger partial charge in [0, 0.05) is 0 Å². The predicted octanol–water partition coefficient (Wildman–Crippen LogP) is 7.49. The van der Waals surface area contributed by atoms with Crippen molar-refractivity contribution in [2.24, 2.45) is 5.92 Å². The molecule has 40 heavy (non-hydrogen) atoms. The molecule has 1 fully saturated rings. The van der Waals surface area contributed by atoms with E-state index in [4.69, 9.17) is 14.0 Å². The Bertz CT molecular complexity index is 1520. The average Bonchev–Trinajstić information content (AvgIpc) is 3.73. The number of aromatic nitrogens is 1. The second kappa shape index (κ2) is 11.5. The van der Waals surface area contributed by atoms with Gasteiger partial charge in [-0.2, -0.15) is 0 Å². The number of rotatable bonds is 8. The monoisotopic (exact) mass is 646 g/mol. The number of hydrogen-bond acceptors (Lipinski definition) is 6. The van der Waals surface area contributed by atoms with E-state index in [0.717, 1.165) is 35.1 Å². The Balaban J connectivity index is 1.25. The third-order valence-corrected chi connectivity index (χ3v) is 12.9. The van der Waals surface area contributed by atoms with Gasteiger partial charge in [-0.1, -0.05) is 12.1 Å². The van der Waals surface area contributed by atoms with Crippen LogP contribution in [0.2, 0.25) is 14.8 Å². The van der Waals surface area contributed by atoms with Crippen LogP contribution >= 0.6 is 0 Å². The van der Waals surface area contributed by atoms with Crippen molar-refractivity contribution in [1.82, 2.24) is 5.16 Å². The molecule has 4 aromatic rings. The van der Waals surface area contributed by atoms with Gasteiger partial charge in [-0.15, -0.1) is 0 Å². The van der Waals surface area contributed by atoms with Crippen LogP contribution in [-0.2, 0) is 9.53 Å². The molecule has 1 aliphatic rings. The van der Waals surface area contributed by atoms with Crippen LogP contribution in [0.4, 0.5) is 10.5 Å². The van der Waals surface area contributed by atoms with Crippen LogP contribution in [0.3, 0.4) is 0 Å². The van der Waals surface area contributed by atoms with Gasteiger partial charge in [-0.25, -0.2) is 0 Å². The molecule has 1 aromatic heterocycles. The van der Waals surface area contributed by atoms with E-state index in [1.807, 2.05) is 55.5 Å². The summed E-state index contributed by atoms with van der Waals surface area (Å²) in [6, 6.07) is 23.6. The Morgan fingerprint density at radius 3 is 2.20 bits per heavy atom. The molecule has 7 nitrogen and oxygen atoms in total. The summed E-state index contributed by atoms with van der Waals surface area (Å²) in [5.41, 5.74) is 4.77. The molecule has 0 radical (unpaired) electrons. The third-order valence-electron chi connectivity index (χ3n) is 7.06. The number of aryl methyl sites for hydroxylation is 1. The zero-order chi connectivity index (χ0) is 28.4. The molecule has 5 rings (SSSR count). The standard InChI is InChI=1S/C29H25N2O5.3CH3.Sn/c1-18-26(30-29(33)34-19(2)20-6-4-3-5-7-20)27(36-31-18)23-10-8-21(9-11-23)22-14-16-25(17-15-22)35-28(32)24-12-13-24;;;;/h3-4,6-11,14-17,19,24H,12-13H2,1-2H3,(H,30,33);3*1H3;. The van der Waals surface area contributed by atoms with Gasteiger partial charge in [-0.05, 0) is 36.1 Å². The van der Waals surface area contributed by atoms with E-state index in [-0.39, 0.29) is 11.9 Å². The summed E-state index contributed by atoms with van der Waals surface area (Å²) >= 11 is -2.24. The first-order valence-electron chi connectivity index (χ1n) is 13.6. The summed E-state index contributed by atoms with van der Waals surface area (Å²) in [6.07, 6.45) is 0.864. The molecule has 1 unspecified atom stereocenters. The molecule has 1 saturated carbocycles. The summed E-state index contributed by atoms with van der Waals surface area (Å²) in [7, 11) is 0. The summed E-state index contributed by atoms with van der Waals surface area (Å²) in [5.74, 6) is 0.916. The van der Waals surface area contributed by atoms with Crippen molar-refractivity contribution < 1.29 is 23.6 Å². The number of nitrogens with zero attached hydrogens (tertiary/aromatic N) is 1. The minimum atomic E-state index is -2.24. The van der Waals surface area contributed by atoms with Crippen LogP contribution in [0.5, 0.6) is 5.75 Å². The molecule has 1 heterocycles. The number of esters is 1. The quantitative estimate of drug-likeness (QED) is 0.121. The van der Waals surface area contributed by atoms with Crippen LogP contribution in [0, 0.1) is 12.8 Å². The number of amides is 1. The van der Waals surface area contributed by atoms with Gasteiger partial charge >= 0.3 is 170 Å². The number of benzene rings is 3. The normalized spacial score (nSPS) is 13.9. The van der Waals surface area contributed by atoms with Crippen molar-refractivity contribution in [2.45, 2.75) is 47.6 Å². The average molecular weight is 645 g/mol. The maximum atomic E-state index is 12.9. The topological polar surface area (TPSA) is 90.7 Å². The molecule has 0 spiro atoms. The summed E-state index contributed by atoms with van der Waals surface area (Å²) in [5, 5.41) is 6.91. The first-order valence-corrected chi connectivity index (χ1v) is 23.5. The predicted molar refractivity (Wildman–Crippen MR) is 158 cm³/mol. The maximum absolute atomic E-state index is 12.9. The Hall–Kier alpha value is -3.59. The molecule has 1 amide bonds. The van der Waals surface area contributed by atoms with Crippen LogP contribution in [0.25, 0.3) is 22.5 Å². The second-order valence-corrected chi connectivity index (χ2v) is 25.8. The van der Waals surface area contributed by atoms with Crippen molar-refractivity contribution in [3.8, 4) is 28.2 Å². The number of anilines is 1. The van der Waals surface area contributed by atoms with E-state index >= 15 is 0 Å². The van der Waals surface area contributed by atoms with E-state index in [2.05, 4.69) is 37.4 Å². The van der Waals surface area contributed by atoms with Crippen LogP contribution in [0.15, 0.2) is 77.3 Å². The van der Waals surface area contributed by atoms with Gasteiger partial charge in [-0.3, -0.25) is 4.79 Å². The fraction of sp³-hybridized carbons (Fsp3) is 0.281. The summed E-state index contributed by atoms with van der Waals surface area (Å²) < 4.78 is 18.1. The number of hydrogen-bond donors (Lipinski definition) is 1. The number of carbonyl (C=O) groups is 2. The molecule has 1 N–H and O–H groups in total. The van der Waals surface area contributed by atoms with Gasteiger partial charge in [0.25, 0.3) is 0 Å². The number of ether oxygens (including phenoxy) is 2. The summed E-state index contributed by atoms with van der Waals surface area (Å²) in [6.45, 7) is 3.65. The van der Waals surface area contributed by atoms with Gasteiger partial charge in [0.2, 0.25) is 0 Å². The third kappa shape index (κ3) is 6.58. The first kappa shape index (κ1) is 28.0. The van der Waals surface area contributed by atoms with E-state index in [1.165, 1.54) is 3.58 Å². The Labute approximate surface area is 238 Å². The van der Waals surface area contributed by atoms with Crippen molar-refractivity contribution in [2.75, 3.05) is 5.32 Å². The SMILES string of the molecule is Cc1noc(-c2ccc(-c3ccc(OC(=O)C4CC4)cc3)cc2)c1NC(=O)OC(C)c1ccc[c]([Sn]([CH3])([CH3])[CH3])c1. The Kier molecular flexibility index (Phi) is 8.03. The van der Waals surface area contributed by atoms with Gasteiger partial charge in [0.15, 0.2) is 0 Å².